The Morgan fingerprint density at radius 1 is 1.33 bits per heavy atom. The summed E-state index contributed by atoms with van der Waals surface area (Å²) >= 11 is 0. The molecule has 0 saturated carbocycles. The predicted molar refractivity (Wildman–Crippen MR) is 89.4 cm³/mol. The monoisotopic (exact) mass is 329 g/mol. The molecule has 1 aromatic carbocycles. The lowest BCUT2D eigenvalue weighted by molar-refractivity contribution is -0.107. The number of halogens is 1. The van der Waals surface area contributed by atoms with Crippen molar-refractivity contribution in [1.29, 1.82) is 0 Å². The van der Waals surface area contributed by atoms with Crippen molar-refractivity contribution in [3.05, 3.63) is 41.3 Å². The molecule has 3 rings (SSSR count). The van der Waals surface area contributed by atoms with Gasteiger partial charge in [-0.25, -0.2) is 14.4 Å². The van der Waals surface area contributed by atoms with Crippen molar-refractivity contribution in [3.8, 4) is 11.3 Å². The van der Waals surface area contributed by atoms with Gasteiger partial charge in [0.05, 0.1) is 24.1 Å². The highest BCUT2D eigenvalue weighted by Gasteiger charge is 2.28. The number of anilines is 1. The summed E-state index contributed by atoms with van der Waals surface area (Å²) in [5.74, 6) is 0.211. The molecule has 0 aliphatic carbocycles. The van der Waals surface area contributed by atoms with Crippen LogP contribution in [0.1, 0.15) is 31.0 Å². The van der Waals surface area contributed by atoms with E-state index in [1.54, 1.807) is 19.2 Å². The summed E-state index contributed by atoms with van der Waals surface area (Å²) in [5.41, 5.74) is 3.43. The van der Waals surface area contributed by atoms with Crippen molar-refractivity contribution in [3.63, 3.8) is 0 Å². The summed E-state index contributed by atoms with van der Waals surface area (Å²) in [6, 6.07) is 6.22. The quantitative estimate of drug-likeness (QED) is 0.604. The van der Waals surface area contributed by atoms with Crippen LogP contribution in [0.2, 0.25) is 0 Å². The van der Waals surface area contributed by atoms with Crippen LogP contribution in [0.25, 0.3) is 11.3 Å². The maximum atomic E-state index is 13.3. The van der Waals surface area contributed by atoms with E-state index in [0.717, 1.165) is 29.1 Å². The van der Waals surface area contributed by atoms with E-state index in [1.165, 1.54) is 17.0 Å². The van der Waals surface area contributed by atoms with Gasteiger partial charge in [-0.05, 0) is 30.2 Å². The number of amides is 1. The van der Waals surface area contributed by atoms with Gasteiger partial charge in [0.25, 0.3) is 0 Å². The maximum Gasteiger partial charge on any atom is 0.232 e. The van der Waals surface area contributed by atoms with Gasteiger partial charge >= 0.3 is 0 Å². The molecular formula is C18H20FN3O2. The van der Waals surface area contributed by atoms with Crippen LogP contribution in [0, 0.1) is 5.82 Å². The Bertz CT molecular complexity index is 743. The van der Waals surface area contributed by atoms with E-state index in [2.05, 4.69) is 23.8 Å². The zero-order valence-corrected chi connectivity index (χ0v) is 14.0. The third-order valence-corrected chi connectivity index (χ3v) is 4.00. The predicted octanol–water partition coefficient (Wildman–Crippen LogP) is 2.94. The molecule has 0 N–H and O–H groups in total. The van der Waals surface area contributed by atoms with E-state index < -0.39 is 0 Å². The molecule has 1 fully saturated rings. The van der Waals surface area contributed by atoms with Crippen LogP contribution in [-0.4, -0.2) is 36.1 Å². The van der Waals surface area contributed by atoms with Crippen molar-refractivity contribution in [2.24, 2.45) is 0 Å². The van der Waals surface area contributed by atoms with Crippen molar-refractivity contribution in [1.82, 2.24) is 9.97 Å². The number of ether oxygens (including phenoxy) is 1. The molecule has 0 radical (unpaired) electrons. The molecule has 6 heteroatoms. The number of carbonyl (C=O) groups is 1. The molecule has 2 heterocycles. The first-order chi connectivity index (χ1) is 11.5. The third kappa shape index (κ3) is 3.43. The molecule has 0 spiro atoms. The van der Waals surface area contributed by atoms with Gasteiger partial charge in [-0.2, -0.15) is 0 Å². The fourth-order valence-electron chi connectivity index (χ4n) is 2.63. The fraction of sp³-hybridized carbons (Fsp3) is 0.389. The summed E-state index contributed by atoms with van der Waals surface area (Å²) in [6.07, 6.45) is 1.57. The Morgan fingerprint density at radius 3 is 2.54 bits per heavy atom. The molecule has 0 bridgehead atoms. The zero-order chi connectivity index (χ0) is 17.3. The highest BCUT2D eigenvalue weighted by molar-refractivity contribution is 5.73. The lowest BCUT2D eigenvalue weighted by atomic mass is 9.95. The van der Waals surface area contributed by atoms with E-state index in [9.17, 15) is 9.18 Å². The summed E-state index contributed by atoms with van der Waals surface area (Å²) < 4.78 is 18.7. The minimum Gasteiger partial charge on any atom is -0.373 e. The van der Waals surface area contributed by atoms with Crippen molar-refractivity contribution >= 4 is 12.4 Å². The standard InChI is InChI=1S/C18H20FN3O2/c1-11(2)16-15(8-14-9-24-14)17(12-4-6-13(19)7-5-12)21-18(20-16)22(3)10-23/h4-7,10-11,14H,8-9H2,1-3H3. The van der Waals surface area contributed by atoms with Gasteiger partial charge in [-0.1, -0.05) is 13.8 Å². The van der Waals surface area contributed by atoms with E-state index >= 15 is 0 Å². The first-order valence-corrected chi connectivity index (χ1v) is 7.96. The molecular weight excluding hydrogens is 309 g/mol. The van der Waals surface area contributed by atoms with Crippen molar-refractivity contribution < 1.29 is 13.9 Å². The molecule has 24 heavy (non-hydrogen) atoms. The second kappa shape index (κ2) is 6.65. The molecule has 1 amide bonds. The van der Waals surface area contributed by atoms with Crippen LogP contribution in [0.15, 0.2) is 24.3 Å². The molecule has 2 aromatic rings. The van der Waals surface area contributed by atoms with Gasteiger partial charge in [0.2, 0.25) is 12.4 Å². The first kappa shape index (κ1) is 16.5. The number of rotatable bonds is 6. The molecule has 1 aromatic heterocycles. The van der Waals surface area contributed by atoms with Crippen LogP contribution in [0.3, 0.4) is 0 Å². The Hall–Kier alpha value is -2.34. The molecule has 1 unspecified atom stereocenters. The highest BCUT2D eigenvalue weighted by Crippen LogP contribution is 2.32. The number of benzene rings is 1. The summed E-state index contributed by atoms with van der Waals surface area (Å²) in [5, 5.41) is 0. The van der Waals surface area contributed by atoms with Gasteiger partial charge in [-0.15, -0.1) is 0 Å². The summed E-state index contributed by atoms with van der Waals surface area (Å²) in [6.45, 7) is 4.84. The van der Waals surface area contributed by atoms with Crippen molar-refractivity contribution in [2.45, 2.75) is 32.3 Å². The molecule has 5 nitrogen and oxygen atoms in total. The number of hydrogen-bond donors (Lipinski definition) is 0. The number of aromatic nitrogens is 2. The third-order valence-electron chi connectivity index (χ3n) is 4.00. The van der Waals surface area contributed by atoms with Gasteiger partial charge < -0.3 is 4.74 Å². The van der Waals surface area contributed by atoms with Crippen LogP contribution in [0.4, 0.5) is 10.3 Å². The smallest absolute Gasteiger partial charge is 0.232 e. The highest BCUT2D eigenvalue weighted by atomic mass is 19.1. The Labute approximate surface area is 140 Å². The second-order valence-electron chi connectivity index (χ2n) is 6.27. The normalized spacial score (nSPS) is 16.3. The lowest BCUT2D eigenvalue weighted by Crippen LogP contribution is -2.20. The number of epoxide rings is 1. The Morgan fingerprint density at radius 2 is 2.00 bits per heavy atom. The molecule has 1 aliphatic heterocycles. The van der Waals surface area contributed by atoms with Crippen molar-refractivity contribution in [2.75, 3.05) is 18.6 Å². The molecule has 1 saturated heterocycles. The summed E-state index contributed by atoms with van der Waals surface area (Å²) in [7, 11) is 1.62. The minimum atomic E-state index is -0.297. The molecule has 126 valence electrons. The Balaban J connectivity index is 2.19. The van der Waals surface area contributed by atoms with Crippen LogP contribution >= 0.6 is 0 Å². The number of nitrogens with zero attached hydrogens (tertiary/aromatic N) is 3. The van der Waals surface area contributed by atoms with E-state index in [0.29, 0.717) is 18.8 Å². The van der Waals surface area contributed by atoms with Gasteiger partial charge in [-0.3, -0.25) is 9.69 Å². The minimum absolute atomic E-state index is 0.166. The lowest BCUT2D eigenvalue weighted by Gasteiger charge is -2.19. The summed E-state index contributed by atoms with van der Waals surface area (Å²) in [4.78, 5) is 21.6. The second-order valence-corrected chi connectivity index (χ2v) is 6.27. The fourth-order valence-corrected chi connectivity index (χ4v) is 2.63. The Kier molecular flexibility index (Phi) is 4.57. The van der Waals surface area contributed by atoms with Gasteiger partial charge in [0, 0.05) is 24.6 Å². The zero-order valence-electron chi connectivity index (χ0n) is 14.0. The van der Waals surface area contributed by atoms with Gasteiger partial charge in [0.1, 0.15) is 5.82 Å². The molecule has 1 aliphatic rings. The number of carbonyl (C=O) groups excluding carboxylic acids is 1. The van der Waals surface area contributed by atoms with Gasteiger partial charge in [0.15, 0.2) is 0 Å². The van der Waals surface area contributed by atoms with E-state index in [1.807, 2.05) is 0 Å². The molecule has 1 atom stereocenters. The largest absolute Gasteiger partial charge is 0.373 e. The van der Waals surface area contributed by atoms with Crippen LogP contribution < -0.4 is 4.90 Å². The SMILES string of the molecule is CC(C)c1nc(N(C)C=O)nc(-c2ccc(F)cc2)c1CC1CO1. The van der Waals surface area contributed by atoms with E-state index in [-0.39, 0.29) is 17.8 Å². The average Bonchev–Trinajstić information content (AvgIpc) is 3.39. The topological polar surface area (TPSA) is 58.6 Å². The average molecular weight is 329 g/mol. The maximum absolute atomic E-state index is 13.3. The number of hydrogen-bond acceptors (Lipinski definition) is 4. The first-order valence-electron chi connectivity index (χ1n) is 7.96. The van der Waals surface area contributed by atoms with Crippen LogP contribution in [0.5, 0.6) is 0 Å². The van der Waals surface area contributed by atoms with Crippen LogP contribution in [-0.2, 0) is 16.0 Å². The van der Waals surface area contributed by atoms with E-state index in [4.69, 9.17) is 4.74 Å².